The van der Waals surface area contributed by atoms with Gasteiger partial charge in [-0.2, -0.15) is 0 Å². The Balaban J connectivity index is 2.38. The molecule has 1 aromatic heterocycles. The van der Waals surface area contributed by atoms with Crippen LogP contribution < -0.4 is 4.90 Å². The highest BCUT2D eigenvalue weighted by molar-refractivity contribution is 5.81. The number of nitrogens with one attached hydrogen (secondary N) is 1. The molecule has 0 spiro atoms. The van der Waals surface area contributed by atoms with E-state index in [2.05, 4.69) is 9.97 Å². The SMILES string of the molecule is CCCN(CC(=O)O)c1nc2ccc([N+](=O)[O-])cc2[nH]1. The molecule has 2 rings (SSSR count). The minimum absolute atomic E-state index is 0.0343. The van der Waals surface area contributed by atoms with Gasteiger partial charge in [-0.05, 0) is 12.5 Å². The third kappa shape index (κ3) is 2.85. The maximum Gasteiger partial charge on any atom is 0.323 e. The fraction of sp³-hybridized carbons (Fsp3) is 0.333. The summed E-state index contributed by atoms with van der Waals surface area (Å²) in [5, 5.41) is 19.6. The minimum atomic E-state index is -0.954. The number of imidazole rings is 1. The van der Waals surface area contributed by atoms with Crippen LogP contribution in [0.25, 0.3) is 11.0 Å². The average Bonchev–Trinajstić information content (AvgIpc) is 2.80. The maximum atomic E-state index is 10.8. The summed E-state index contributed by atoms with van der Waals surface area (Å²) < 4.78 is 0. The number of aromatic nitrogens is 2. The number of hydrogen-bond donors (Lipinski definition) is 2. The Labute approximate surface area is 114 Å². The molecule has 2 N–H and O–H groups in total. The first-order valence-electron chi connectivity index (χ1n) is 6.12. The molecular weight excluding hydrogens is 264 g/mol. The van der Waals surface area contributed by atoms with E-state index in [1.165, 1.54) is 12.1 Å². The van der Waals surface area contributed by atoms with E-state index in [0.29, 0.717) is 23.5 Å². The smallest absolute Gasteiger partial charge is 0.323 e. The number of H-pyrrole nitrogens is 1. The Kier molecular flexibility index (Phi) is 3.83. The number of non-ortho nitro benzene ring substituents is 1. The predicted molar refractivity (Wildman–Crippen MR) is 72.9 cm³/mol. The van der Waals surface area contributed by atoms with Gasteiger partial charge < -0.3 is 15.0 Å². The topological polar surface area (TPSA) is 112 Å². The highest BCUT2D eigenvalue weighted by atomic mass is 16.6. The van der Waals surface area contributed by atoms with Crippen LogP contribution in [0.2, 0.25) is 0 Å². The quantitative estimate of drug-likeness (QED) is 0.615. The molecule has 0 aliphatic rings. The molecular formula is C12H14N4O4. The number of hydrogen-bond acceptors (Lipinski definition) is 5. The number of aromatic amines is 1. The van der Waals surface area contributed by atoms with E-state index in [1.54, 1.807) is 11.0 Å². The van der Waals surface area contributed by atoms with E-state index in [1.807, 2.05) is 6.92 Å². The van der Waals surface area contributed by atoms with Crippen molar-refractivity contribution in [3.8, 4) is 0 Å². The Morgan fingerprint density at radius 3 is 2.90 bits per heavy atom. The largest absolute Gasteiger partial charge is 0.480 e. The van der Waals surface area contributed by atoms with E-state index in [-0.39, 0.29) is 12.2 Å². The first-order chi connectivity index (χ1) is 9.51. The number of nitro groups is 1. The van der Waals surface area contributed by atoms with E-state index in [0.717, 1.165) is 6.42 Å². The first kappa shape index (κ1) is 13.8. The molecule has 0 fully saturated rings. The number of nitrogens with zero attached hydrogens (tertiary/aromatic N) is 3. The number of benzene rings is 1. The van der Waals surface area contributed by atoms with Crippen molar-refractivity contribution in [3.63, 3.8) is 0 Å². The second-order valence-electron chi connectivity index (χ2n) is 4.33. The van der Waals surface area contributed by atoms with E-state index >= 15 is 0 Å². The van der Waals surface area contributed by atoms with Gasteiger partial charge in [-0.15, -0.1) is 0 Å². The normalized spacial score (nSPS) is 10.7. The van der Waals surface area contributed by atoms with Crippen LogP contribution in [0.5, 0.6) is 0 Å². The third-order valence-corrected chi connectivity index (χ3v) is 2.78. The van der Waals surface area contributed by atoms with Crippen LogP contribution in [0, 0.1) is 10.1 Å². The summed E-state index contributed by atoms with van der Waals surface area (Å²) in [6, 6.07) is 4.30. The second-order valence-corrected chi connectivity index (χ2v) is 4.33. The van der Waals surface area contributed by atoms with Crippen LogP contribution in [0.1, 0.15) is 13.3 Å². The Bertz CT molecular complexity index is 652. The molecule has 0 aliphatic carbocycles. The van der Waals surface area contributed by atoms with Gasteiger partial charge in [0, 0.05) is 18.7 Å². The summed E-state index contributed by atoms with van der Waals surface area (Å²) in [6.07, 6.45) is 0.768. The highest BCUT2D eigenvalue weighted by Gasteiger charge is 2.15. The van der Waals surface area contributed by atoms with Gasteiger partial charge in [-0.25, -0.2) is 4.98 Å². The number of carbonyl (C=O) groups is 1. The van der Waals surface area contributed by atoms with Crippen LogP contribution in [0.3, 0.4) is 0 Å². The van der Waals surface area contributed by atoms with Gasteiger partial charge in [0.25, 0.3) is 5.69 Å². The number of carboxylic acids is 1. The van der Waals surface area contributed by atoms with Crippen LogP contribution in [0.4, 0.5) is 11.6 Å². The van der Waals surface area contributed by atoms with Gasteiger partial charge in [0.1, 0.15) is 6.54 Å². The number of carboxylic acid groups (broad SMARTS) is 1. The molecule has 0 saturated carbocycles. The number of anilines is 1. The molecule has 8 heteroatoms. The zero-order valence-electron chi connectivity index (χ0n) is 10.9. The lowest BCUT2D eigenvalue weighted by Gasteiger charge is -2.18. The summed E-state index contributed by atoms with van der Waals surface area (Å²) in [4.78, 5) is 29.9. The molecule has 0 radical (unpaired) electrons. The zero-order valence-corrected chi connectivity index (χ0v) is 10.9. The van der Waals surface area contributed by atoms with Gasteiger partial charge >= 0.3 is 5.97 Å². The van der Waals surface area contributed by atoms with Crippen LogP contribution >= 0.6 is 0 Å². The second kappa shape index (κ2) is 5.55. The molecule has 106 valence electrons. The molecule has 0 bridgehead atoms. The van der Waals surface area contributed by atoms with Crippen LogP contribution in [-0.2, 0) is 4.79 Å². The standard InChI is InChI=1S/C12H14N4O4/c1-2-5-15(7-11(17)18)12-13-9-4-3-8(16(19)20)6-10(9)14-12/h3-4,6H,2,5,7H2,1H3,(H,13,14)(H,17,18). The Hall–Kier alpha value is -2.64. The van der Waals surface area contributed by atoms with Gasteiger partial charge in [0.2, 0.25) is 5.95 Å². The molecule has 0 amide bonds. The summed E-state index contributed by atoms with van der Waals surface area (Å²) in [5.41, 5.74) is 1.05. The van der Waals surface area contributed by atoms with Crippen molar-refractivity contribution >= 4 is 28.6 Å². The van der Waals surface area contributed by atoms with Crippen molar-refractivity contribution < 1.29 is 14.8 Å². The molecule has 1 aromatic carbocycles. The highest BCUT2D eigenvalue weighted by Crippen LogP contribution is 2.22. The number of aliphatic carboxylic acids is 1. The van der Waals surface area contributed by atoms with Crippen LogP contribution in [0.15, 0.2) is 18.2 Å². The fourth-order valence-corrected chi connectivity index (χ4v) is 1.94. The van der Waals surface area contributed by atoms with Crippen molar-refractivity contribution in [1.29, 1.82) is 0 Å². The van der Waals surface area contributed by atoms with E-state index in [9.17, 15) is 14.9 Å². The zero-order chi connectivity index (χ0) is 14.7. The van der Waals surface area contributed by atoms with Gasteiger partial charge in [-0.3, -0.25) is 14.9 Å². The first-order valence-corrected chi connectivity index (χ1v) is 6.12. The summed E-state index contributed by atoms with van der Waals surface area (Å²) in [7, 11) is 0. The number of fused-ring (bicyclic) bond motifs is 1. The molecule has 2 aromatic rings. The Morgan fingerprint density at radius 1 is 1.55 bits per heavy atom. The summed E-state index contributed by atoms with van der Waals surface area (Å²) >= 11 is 0. The molecule has 0 atom stereocenters. The lowest BCUT2D eigenvalue weighted by atomic mass is 10.3. The van der Waals surface area contributed by atoms with Gasteiger partial charge in [0.15, 0.2) is 0 Å². The lowest BCUT2D eigenvalue weighted by Crippen LogP contribution is -2.31. The number of rotatable bonds is 6. The summed E-state index contributed by atoms with van der Waals surface area (Å²) in [6.45, 7) is 2.30. The van der Waals surface area contributed by atoms with Crippen molar-refractivity contribution in [2.75, 3.05) is 18.0 Å². The van der Waals surface area contributed by atoms with Gasteiger partial charge in [0.05, 0.1) is 16.0 Å². The summed E-state index contributed by atoms with van der Waals surface area (Å²) in [5.74, 6) is -0.547. The van der Waals surface area contributed by atoms with E-state index < -0.39 is 10.9 Å². The van der Waals surface area contributed by atoms with Crippen LogP contribution in [-0.4, -0.2) is 39.1 Å². The molecule has 8 nitrogen and oxygen atoms in total. The third-order valence-electron chi connectivity index (χ3n) is 2.78. The Morgan fingerprint density at radius 2 is 2.30 bits per heavy atom. The molecule has 1 heterocycles. The van der Waals surface area contributed by atoms with E-state index in [4.69, 9.17) is 5.11 Å². The lowest BCUT2D eigenvalue weighted by molar-refractivity contribution is -0.384. The van der Waals surface area contributed by atoms with Crippen molar-refractivity contribution in [2.24, 2.45) is 0 Å². The maximum absolute atomic E-state index is 10.8. The predicted octanol–water partition coefficient (Wildman–Crippen LogP) is 1.77. The molecule has 0 saturated heterocycles. The van der Waals surface area contributed by atoms with Crippen molar-refractivity contribution in [2.45, 2.75) is 13.3 Å². The molecule has 0 aliphatic heterocycles. The van der Waals surface area contributed by atoms with Crippen molar-refractivity contribution in [1.82, 2.24) is 9.97 Å². The van der Waals surface area contributed by atoms with Gasteiger partial charge in [-0.1, -0.05) is 6.92 Å². The van der Waals surface area contributed by atoms with Crippen molar-refractivity contribution in [3.05, 3.63) is 28.3 Å². The molecule has 0 unspecified atom stereocenters. The monoisotopic (exact) mass is 278 g/mol. The molecule has 20 heavy (non-hydrogen) atoms. The number of nitro benzene ring substituents is 1. The average molecular weight is 278 g/mol. The minimum Gasteiger partial charge on any atom is -0.480 e. The fourth-order valence-electron chi connectivity index (χ4n) is 1.94.